The summed E-state index contributed by atoms with van der Waals surface area (Å²) in [6.45, 7) is 5.15. The second kappa shape index (κ2) is 6.93. The lowest BCUT2D eigenvalue weighted by atomic mass is 9.90. The topological polar surface area (TPSA) is 54.3 Å². The molecular weight excluding hydrogens is 252 g/mol. The summed E-state index contributed by atoms with van der Waals surface area (Å²) < 4.78 is 5.32. The SMILES string of the molecule is CCCC1(C(=O)NC(C)CCc2ccco2)CCCN1. The Kier molecular flexibility index (Phi) is 5.24. The van der Waals surface area contributed by atoms with Gasteiger partial charge in [0.25, 0.3) is 0 Å². The van der Waals surface area contributed by atoms with Crippen LogP contribution in [0.25, 0.3) is 0 Å². The van der Waals surface area contributed by atoms with Gasteiger partial charge in [-0.1, -0.05) is 13.3 Å². The van der Waals surface area contributed by atoms with E-state index in [2.05, 4.69) is 24.5 Å². The van der Waals surface area contributed by atoms with E-state index in [0.717, 1.165) is 50.8 Å². The Morgan fingerprint density at radius 2 is 2.45 bits per heavy atom. The van der Waals surface area contributed by atoms with Crippen LogP contribution in [0.4, 0.5) is 0 Å². The van der Waals surface area contributed by atoms with Crippen LogP contribution in [0, 0.1) is 0 Å². The summed E-state index contributed by atoms with van der Waals surface area (Å²) in [7, 11) is 0. The third-order valence-electron chi connectivity index (χ3n) is 4.14. The van der Waals surface area contributed by atoms with Gasteiger partial charge in [0.2, 0.25) is 5.91 Å². The van der Waals surface area contributed by atoms with E-state index in [1.165, 1.54) is 0 Å². The summed E-state index contributed by atoms with van der Waals surface area (Å²) in [5, 5.41) is 6.58. The molecule has 0 aliphatic carbocycles. The Morgan fingerprint density at radius 1 is 1.60 bits per heavy atom. The Balaban J connectivity index is 1.83. The zero-order valence-electron chi connectivity index (χ0n) is 12.6. The largest absolute Gasteiger partial charge is 0.469 e. The normalized spacial score (nSPS) is 23.7. The predicted octanol–water partition coefficient (Wildman–Crippen LogP) is 2.64. The van der Waals surface area contributed by atoms with Crippen LogP contribution in [0.2, 0.25) is 0 Å². The maximum atomic E-state index is 12.5. The molecule has 2 atom stereocenters. The molecule has 1 aliphatic rings. The monoisotopic (exact) mass is 278 g/mol. The molecular formula is C16H26N2O2. The lowest BCUT2D eigenvalue weighted by Gasteiger charge is -2.29. The van der Waals surface area contributed by atoms with E-state index in [9.17, 15) is 4.79 Å². The van der Waals surface area contributed by atoms with E-state index in [0.29, 0.717) is 0 Å². The maximum Gasteiger partial charge on any atom is 0.240 e. The highest BCUT2D eigenvalue weighted by molar-refractivity contribution is 5.86. The number of furan rings is 1. The van der Waals surface area contributed by atoms with E-state index in [-0.39, 0.29) is 17.5 Å². The molecule has 1 fully saturated rings. The average Bonchev–Trinajstić information content (AvgIpc) is 3.08. The van der Waals surface area contributed by atoms with Crippen LogP contribution in [0.15, 0.2) is 22.8 Å². The molecule has 4 nitrogen and oxygen atoms in total. The molecule has 2 N–H and O–H groups in total. The van der Waals surface area contributed by atoms with Crippen LogP contribution < -0.4 is 10.6 Å². The van der Waals surface area contributed by atoms with Crippen molar-refractivity contribution in [2.24, 2.45) is 0 Å². The van der Waals surface area contributed by atoms with E-state index in [1.54, 1.807) is 6.26 Å². The molecule has 1 saturated heterocycles. The van der Waals surface area contributed by atoms with Crippen molar-refractivity contribution in [3.63, 3.8) is 0 Å². The molecule has 2 heterocycles. The molecule has 1 aliphatic heterocycles. The predicted molar refractivity (Wildman–Crippen MR) is 79.5 cm³/mol. The van der Waals surface area contributed by atoms with Gasteiger partial charge in [0, 0.05) is 12.5 Å². The Bertz CT molecular complexity index is 408. The fourth-order valence-electron chi connectivity index (χ4n) is 3.00. The number of hydrogen-bond donors (Lipinski definition) is 2. The summed E-state index contributed by atoms with van der Waals surface area (Å²) in [5.41, 5.74) is -0.326. The van der Waals surface area contributed by atoms with Gasteiger partial charge in [-0.3, -0.25) is 4.79 Å². The van der Waals surface area contributed by atoms with Crippen molar-refractivity contribution < 1.29 is 9.21 Å². The molecule has 20 heavy (non-hydrogen) atoms. The van der Waals surface area contributed by atoms with E-state index in [1.807, 2.05) is 12.1 Å². The molecule has 0 saturated carbocycles. The first-order chi connectivity index (χ1) is 9.66. The van der Waals surface area contributed by atoms with Crippen molar-refractivity contribution in [1.82, 2.24) is 10.6 Å². The summed E-state index contributed by atoms with van der Waals surface area (Å²) in [6, 6.07) is 4.05. The Morgan fingerprint density at radius 3 is 3.05 bits per heavy atom. The molecule has 2 rings (SSSR count). The van der Waals surface area contributed by atoms with Gasteiger partial charge >= 0.3 is 0 Å². The van der Waals surface area contributed by atoms with E-state index in [4.69, 9.17) is 4.42 Å². The second-order valence-corrected chi connectivity index (χ2v) is 5.85. The molecule has 1 amide bonds. The van der Waals surface area contributed by atoms with Gasteiger partial charge < -0.3 is 15.1 Å². The quantitative estimate of drug-likeness (QED) is 0.806. The smallest absolute Gasteiger partial charge is 0.240 e. The van der Waals surface area contributed by atoms with Crippen molar-refractivity contribution >= 4 is 5.91 Å². The van der Waals surface area contributed by atoms with Crippen LogP contribution in [-0.2, 0) is 11.2 Å². The van der Waals surface area contributed by atoms with Crippen LogP contribution in [-0.4, -0.2) is 24.0 Å². The van der Waals surface area contributed by atoms with Gasteiger partial charge in [0.05, 0.1) is 11.8 Å². The van der Waals surface area contributed by atoms with E-state index >= 15 is 0 Å². The lowest BCUT2D eigenvalue weighted by molar-refractivity contribution is -0.128. The molecule has 0 bridgehead atoms. The van der Waals surface area contributed by atoms with Crippen molar-refractivity contribution in [1.29, 1.82) is 0 Å². The summed E-state index contributed by atoms with van der Waals surface area (Å²) >= 11 is 0. The number of carbonyl (C=O) groups is 1. The van der Waals surface area contributed by atoms with Crippen LogP contribution >= 0.6 is 0 Å². The standard InChI is InChI=1S/C16H26N2O2/c1-3-9-16(10-5-11-17-16)15(19)18-13(2)7-8-14-6-4-12-20-14/h4,6,12-13,17H,3,5,7-11H2,1-2H3,(H,18,19). The summed E-state index contributed by atoms with van der Waals surface area (Å²) in [4.78, 5) is 12.5. The van der Waals surface area contributed by atoms with Crippen molar-refractivity contribution in [3.05, 3.63) is 24.2 Å². The molecule has 1 aromatic rings. The van der Waals surface area contributed by atoms with Crippen molar-refractivity contribution in [3.8, 4) is 0 Å². The first-order valence-electron chi connectivity index (χ1n) is 7.74. The number of nitrogens with one attached hydrogen (secondary N) is 2. The Labute approximate surface area is 121 Å². The van der Waals surface area contributed by atoms with Gasteiger partial charge in [-0.05, 0) is 51.3 Å². The summed E-state index contributed by atoms with van der Waals surface area (Å²) in [5.74, 6) is 1.15. The molecule has 0 aromatic carbocycles. The third-order valence-corrected chi connectivity index (χ3v) is 4.14. The van der Waals surface area contributed by atoms with Gasteiger partial charge in [-0.2, -0.15) is 0 Å². The van der Waals surface area contributed by atoms with Crippen LogP contribution in [0.3, 0.4) is 0 Å². The fraction of sp³-hybridized carbons (Fsp3) is 0.688. The highest BCUT2D eigenvalue weighted by atomic mass is 16.3. The van der Waals surface area contributed by atoms with E-state index < -0.39 is 0 Å². The molecule has 112 valence electrons. The molecule has 2 unspecified atom stereocenters. The average molecular weight is 278 g/mol. The number of carbonyl (C=O) groups excluding carboxylic acids is 1. The molecule has 0 spiro atoms. The summed E-state index contributed by atoms with van der Waals surface area (Å²) in [6.07, 6.45) is 7.46. The van der Waals surface area contributed by atoms with Gasteiger partial charge in [0.1, 0.15) is 5.76 Å². The van der Waals surface area contributed by atoms with Crippen molar-refractivity contribution in [2.45, 2.75) is 64.0 Å². The first kappa shape index (κ1) is 15.1. The molecule has 4 heteroatoms. The zero-order valence-corrected chi connectivity index (χ0v) is 12.6. The minimum atomic E-state index is -0.326. The number of hydrogen-bond acceptors (Lipinski definition) is 3. The lowest BCUT2D eigenvalue weighted by Crippen LogP contribution is -2.55. The highest BCUT2D eigenvalue weighted by Crippen LogP contribution is 2.25. The van der Waals surface area contributed by atoms with Gasteiger partial charge in [-0.15, -0.1) is 0 Å². The first-order valence-corrected chi connectivity index (χ1v) is 7.74. The minimum Gasteiger partial charge on any atom is -0.469 e. The minimum absolute atomic E-state index is 0.170. The fourth-order valence-corrected chi connectivity index (χ4v) is 3.00. The zero-order chi connectivity index (χ0) is 14.4. The third kappa shape index (κ3) is 3.63. The van der Waals surface area contributed by atoms with Gasteiger partial charge in [-0.25, -0.2) is 0 Å². The number of rotatable bonds is 7. The second-order valence-electron chi connectivity index (χ2n) is 5.85. The molecule has 0 radical (unpaired) electrons. The highest BCUT2D eigenvalue weighted by Gasteiger charge is 2.40. The van der Waals surface area contributed by atoms with Gasteiger partial charge in [0.15, 0.2) is 0 Å². The number of amides is 1. The molecule has 1 aromatic heterocycles. The maximum absolute atomic E-state index is 12.5. The van der Waals surface area contributed by atoms with Crippen molar-refractivity contribution in [2.75, 3.05) is 6.54 Å². The Hall–Kier alpha value is -1.29. The number of aryl methyl sites for hydroxylation is 1. The van der Waals surface area contributed by atoms with Crippen LogP contribution in [0.1, 0.15) is 51.7 Å². The van der Waals surface area contributed by atoms with Crippen LogP contribution in [0.5, 0.6) is 0 Å².